The van der Waals surface area contributed by atoms with Crippen LogP contribution in [0.25, 0.3) is 0 Å². The van der Waals surface area contributed by atoms with Crippen LogP contribution in [0, 0.1) is 11.8 Å². The van der Waals surface area contributed by atoms with Gasteiger partial charge in [0.15, 0.2) is 23.3 Å². The van der Waals surface area contributed by atoms with Gasteiger partial charge in [-0.15, -0.1) is 0 Å². The Hall–Kier alpha value is -1.78. The average molecular weight is 1250 g/mol. The highest BCUT2D eigenvalue weighted by atomic mass is 31.1. The van der Waals surface area contributed by atoms with Gasteiger partial charge in [0.25, 0.3) is 0 Å². The zero-order valence-corrected chi connectivity index (χ0v) is 47.7. The zero-order valence-electron chi connectivity index (χ0n) is 46.7. The topological polar surface area (TPSA) is 0 Å². The van der Waals surface area contributed by atoms with Crippen molar-refractivity contribution in [1.82, 2.24) is 0 Å². The molecular weight excluding hydrogens is 1170 g/mol. The van der Waals surface area contributed by atoms with Crippen LogP contribution in [0.1, 0.15) is 213 Å². The molecule has 0 spiro atoms. The predicted molar refractivity (Wildman–Crippen MR) is 273 cm³/mol. The summed E-state index contributed by atoms with van der Waals surface area (Å²) >= 11 is 0. The summed E-state index contributed by atoms with van der Waals surface area (Å²) in [5.41, 5.74) is 0. The molecule has 8 unspecified atom stereocenters. The first-order valence-electron chi connectivity index (χ1n) is 28.4. The molecule has 0 N–H and O–H groups in total. The number of allylic oxidation sites excluding steroid dienone is 4. The standard InChI is InChI=1S/C36H52BF24.C18H32FP/c38-25(17-9-1-5-13-21-29(42,43)44)33(54,55)37(34(56,57)26(39)18-10-2-6-14-22-30(45,46)47,35(58,59)27(40)19-11-3-7-15-23-31(48,49)50)36(60,61)28(41)20-12-4-8-16-24-32(51,52)53;1-5-10-17(6-2)12-11-16(3)15-20(4)18(19)13-8-7-9-14-18/h25-28H,1-24H2;7-9,13,16-17H,5-6,10-12,14-15H2,1-4H3/q-1;/p+1. The van der Waals surface area contributed by atoms with Gasteiger partial charge in [0.1, 0.15) is 24.7 Å². The number of hydrogen-bond donors (Lipinski definition) is 0. The van der Waals surface area contributed by atoms with Gasteiger partial charge in [0.2, 0.25) is 5.41 Å². The fourth-order valence-corrected chi connectivity index (χ4v) is 13.0. The summed E-state index contributed by atoms with van der Waals surface area (Å²) in [5, 5.41) is -1.01. The van der Waals surface area contributed by atoms with E-state index in [1.54, 1.807) is 6.08 Å². The SMILES string of the molecule is CCCC(CC)CCC(C)C[PH+](C)C1(F)C=CC=CC1.FC(CCCCCCC(F)(F)F)C(F)(F)[B-](C(F)(F)C(F)CCCCCCC(F)(F)F)(C(F)(F)C(F)CCCCCCC(F)(F)F)C(F)(F)C(F)CCCCCCC(F)(F)F. The van der Waals surface area contributed by atoms with E-state index in [4.69, 9.17) is 0 Å². The lowest BCUT2D eigenvalue weighted by molar-refractivity contribution is -0.148. The molecule has 1 rings (SSSR count). The van der Waals surface area contributed by atoms with E-state index in [9.17, 15) is 57.1 Å². The molecule has 0 radical (unpaired) electrons. The van der Waals surface area contributed by atoms with E-state index in [1.165, 1.54) is 32.1 Å². The van der Waals surface area contributed by atoms with Crippen LogP contribution >= 0.6 is 7.92 Å². The summed E-state index contributed by atoms with van der Waals surface area (Å²) in [5.74, 6) is -26.4. The summed E-state index contributed by atoms with van der Waals surface area (Å²) in [6.07, 6.45) is -55.8. The normalized spacial score (nSPS) is 19.6. The first-order valence-corrected chi connectivity index (χ1v) is 30.6. The van der Waals surface area contributed by atoms with Crippen molar-refractivity contribution in [3.63, 3.8) is 0 Å². The van der Waals surface area contributed by atoms with Gasteiger partial charge in [-0.1, -0.05) is 142 Å². The van der Waals surface area contributed by atoms with Crippen molar-refractivity contribution in [1.29, 1.82) is 0 Å². The Morgan fingerprint density at radius 1 is 0.420 bits per heavy atom. The number of unbranched alkanes of at least 4 members (excludes halogenated alkanes) is 12. The van der Waals surface area contributed by atoms with E-state index in [0.717, 1.165) is 12.1 Å². The highest BCUT2D eigenvalue weighted by Gasteiger charge is 2.89. The molecule has 27 heteroatoms. The van der Waals surface area contributed by atoms with Crippen molar-refractivity contribution in [2.75, 3.05) is 12.8 Å². The largest absolute Gasteiger partial charge is 0.389 e. The van der Waals surface area contributed by atoms with Gasteiger partial charge in [-0.3, -0.25) is 0 Å². The van der Waals surface area contributed by atoms with E-state index in [0.29, 0.717) is 12.3 Å². The molecular formula is C54H85BF25P. The number of alkyl halides is 25. The summed E-state index contributed by atoms with van der Waals surface area (Å²) in [4.78, 5) is 0. The third-order valence-electron chi connectivity index (χ3n) is 15.4. The van der Waals surface area contributed by atoms with Crippen molar-refractivity contribution in [2.45, 2.75) is 291 Å². The van der Waals surface area contributed by atoms with Crippen LogP contribution in [-0.2, 0) is 0 Å². The minimum atomic E-state index is -8.43. The lowest BCUT2D eigenvalue weighted by Gasteiger charge is -2.60. The van der Waals surface area contributed by atoms with Gasteiger partial charge in [-0.05, 0) is 75.7 Å². The molecule has 0 amide bonds. The molecule has 1 aliphatic rings. The Morgan fingerprint density at radius 2 is 0.716 bits per heavy atom. The smallest absolute Gasteiger partial charge is 0.248 e. The molecule has 0 aromatic carbocycles. The van der Waals surface area contributed by atoms with Crippen molar-refractivity contribution in [3.05, 3.63) is 24.3 Å². The lowest BCUT2D eigenvalue weighted by atomic mass is 9.09. The van der Waals surface area contributed by atoms with Crippen LogP contribution in [0.15, 0.2) is 24.3 Å². The molecule has 1 aliphatic carbocycles. The van der Waals surface area contributed by atoms with Crippen LogP contribution in [-0.4, -0.2) is 97.1 Å². The Balaban J connectivity index is 0.00000266. The second-order valence-electron chi connectivity index (χ2n) is 22.3. The van der Waals surface area contributed by atoms with Gasteiger partial charge >= 0.3 is 30.9 Å². The maximum absolute atomic E-state index is 16.5. The number of rotatable bonds is 41. The molecule has 0 saturated heterocycles. The van der Waals surface area contributed by atoms with Gasteiger partial charge < -0.3 is 0 Å². The monoisotopic (exact) mass is 1250 g/mol. The third-order valence-corrected chi connectivity index (χ3v) is 18.5. The van der Waals surface area contributed by atoms with Crippen LogP contribution in [0.5, 0.6) is 0 Å². The molecule has 8 atom stereocenters. The molecule has 0 fully saturated rings. The highest BCUT2D eigenvalue weighted by Crippen LogP contribution is 2.62. The number of hydrogen-bond acceptors (Lipinski definition) is 0. The van der Waals surface area contributed by atoms with Crippen molar-refractivity contribution in [2.24, 2.45) is 11.8 Å². The van der Waals surface area contributed by atoms with Crippen molar-refractivity contribution >= 4 is 14.1 Å². The molecule has 0 nitrogen and oxygen atoms in total. The Kier molecular flexibility index (Phi) is 35.0. The van der Waals surface area contributed by atoms with Crippen molar-refractivity contribution in [3.8, 4) is 0 Å². The molecule has 0 aromatic heterocycles. The van der Waals surface area contributed by atoms with E-state index < -0.39 is 246 Å². The summed E-state index contributed by atoms with van der Waals surface area (Å²) in [7, 11) is -0.958. The molecule has 0 saturated carbocycles. The second-order valence-corrected chi connectivity index (χ2v) is 25.1. The predicted octanol–water partition coefficient (Wildman–Crippen LogP) is 23.4. The van der Waals surface area contributed by atoms with Gasteiger partial charge in [0.05, 0.1) is 12.8 Å². The first-order chi connectivity index (χ1) is 37.0. The molecule has 0 aliphatic heterocycles. The minimum Gasteiger partial charge on any atom is -0.248 e. The fourth-order valence-electron chi connectivity index (χ4n) is 10.6. The number of halogens is 25. The van der Waals surface area contributed by atoms with Crippen molar-refractivity contribution < 1.29 is 110 Å². The Bertz CT molecular complexity index is 1530. The van der Waals surface area contributed by atoms with Gasteiger partial charge in [0, 0.05) is 40.0 Å². The average Bonchev–Trinajstić information content (AvgIpc) is 3.33. The van der Waals surface area contributed by atoms with Crippen LogP contribution in [0.2, 0.25) is 0 Å². The minimum absolute atomic E-state index is 0.545. The molecule has 81 heavy (non-hydrogen) atoms. The fraction of sp³-hybridized carbons (Fsp3) is 0.926. The lowest BCUT2D eigenvalue weighted by Crippen LogP contribution is -2.89. The Morgan fingerprint density at radius 3 is 0.963 bits per heavy atom. The maximum atomic E-state index is 16.5. The molecule has 0 aromatic rings. The quantitative estimate of drug-likeness (QED) is 0.0248. The zero-order chi connectivity index (χ0) is 62.8. The second kappa shape index (κ2) is 35.8. The van der Waals surface area contributed by atoms with Crippen LogP contribution < -0.4 is 0 Å². The van der Waals surface area contributed by atoms with E-state index in [1.807, 2.05) is 18.2 Å². The molecule has 484 valence electrons. The third kappa shape index (κ3) is 27.6. The van der Waals surface area contributed by atoms with Crippen LogP contribution in [0.3, 0.4) is 0 Å². The Labute approximate surface area is 463 Å². The summed E-state index contributed by atoms with van der Waals surface area (Å²) in [6.45, 7) is 9.07. The van der Waals surface area contributed by atoms with Crippen LogP contribution in [0.4, 0.5) is 110 Å². The molecule has 0 bridgehead atoms. The van der Waals surface area contributed by atoms with Gasteiger partial charge in [-0.2, -0.15) is 57.1 Å². The van der Waals surface area contributed by atoms with E-state index in [-0.39, 0.29) is 0 Å². The molecule has 0 heterocycles. The first kappa shape index (κ1) is 79.2. The van der Waals surface area contributed by atoms with Gasteiger partial charge in [-0.25, -0.2) is 52.7 Å². The highest BCUT2D eigenvalue weighted by molar-refractivity contribution is 7.58. The van der Waals surface area contributed by atoms with E-state index in [2.05, 4.69) is 27.4 Å². The maximum Gasteiger partial charge on any atom is 0.389 e. The summed E-state index contributed by atoms with van der Waals surface area (Å²) in [6, 6.07) is 0. The van der Waals surface area contributed by atoms with E-state index >= 15 is 52.7 Å². The summed E-state index contributed by atoms with van der Waals surface area (Å²) < 4.78 is 359.